The van der Waals surface area contributed by atoms with Crippen LogP contribution in [0.2, 0.25) is 5.02 Å². The third kappa shape index (κ3) is 5.19. The average molecular weight is 500 g/mol. The molecule has 0 aliphatic carbocycles. The number of nitrogens with zero attached hydrogens (tertiary/aromatic N) is 2. The van der Waals surface area contributed by atoms with E-state index < -0.39 is 11.8 Å². The number of ether oxygens (including phenoxy) is 2. The standard InChI is InChI=1S/C26H30ClN3O5/c1-18-5-3-4-6-21(18)25(33)30-22(23(31)28-13-16-34-2)17-35-26(30)11-14-29(15-12-26)24(32)19-7-9-20(27)10-8-19/h3-10,22H,11-17H2,1-2H3,(H,28,31)/t22-/m1/s1. The molecule has 8 nitrogen and oxygen atoms in total. The molecule has 0 radical (unpaired) electrons. The maximum atomic E-state index is 13.8. The second-order valence-corrected chi connectivity index (χ2v) is 9.28. The molecule has 2 fully saturated rings. The molecule has 186 valence electrons. The maximum Gasteiger partial charge on any atom is 0.257 e. The zero-order valence-corrected chi connectivity index (χ0v) is 20.7. The van der Waals surface area contributed by atoms with Crippen LogP contribution in [0.5, 0.6) is 0 Å². The second kappa shape index (κ2) is 10.8. The number of nitrogens with one attached hydrogen (secondary N) is 1. The van der Waals surface area contributed by atoms with Crippen molar-refractivity contribution in [2.24, 2.45) is 0 Å². The van der Waals surface area contributed by atoms with E-state index in [1.807, 2.05) is 25.1 Å². The number of methoxy groups -OCH3 is 1. The third-order valence-electron chi connectivity index (χ3n) is 6.69. The fourth-order valence-corrected chi connectivity index (χ4v) is 4.86. The number of hydrogen-bond acceptors (Lipinski definition) is 5. The van der Waals surface area contributed by atoms with Gasteiger partial charge in [0, 0.05) is 55.7 Å². The summed E-state index contributed by atoms with van der Waals surface area (Å²) in [6.45, 7) is 3.49. The smallest absolute Gasteiger partial charge is 0.257 e. The Morgan fingerprint density at radius 1 is 1.09 bits per heavy atom. The molecule has 2 aromatic rings. The first kappa shape index (κ1) is 25.2. The molecule has 0 unspecified atom stereocenters. The van der Waals surface area contributed by atoms with Crippen molar-refractivity contribution < 1.29 is 23.9 Å². The lowest BCUT2D eigenvalue weighted by molar-refractivity contribution is -0.128. The minimum absolute atomic E-state index is 0.0971. The number of likely N-dealkylation sites (tertiary alicyclic amines) is 1. The van der Waals surface area contributed by atoms with Crippen molar-refractivity contribution in [3.8, 4) is 0 Å². The van der Waals surface area contributed by atoms with Crippen molar-refractivity contribution in [3.63, 3.8) is 0 Å². The summed E-state index contributed by atoms with van der Waals surface area (Å²) in [5.74, 6) is -0.620. The molecule has 0 aromatic heterocycles. The number of carbonyl (C=O) groups excluding carboxylic acids is 3. The Hall–Kier alpha value is -2.94. The third-order valence-corrected chi connectivity index (χ3v) is 6.94. The SMILES string of the molecule is COCCNC(=O)[C@H]1COC2(CCN(C(=O)c3ccc(Cl)cc3)CC2)N1C(=O)c1ccccc1C. The van der Waals surface area contributed by atoms with Gasteiger partial charge in [0.1, 0.15) is 11.8 Å². The van der Waals surface area contributed by atoms with E-state index in [9.17, 15) is 14.4 Å². The summed E-state index contributed by atoms with van der Waals surface area (Å²) in [4.78, 5) is 43.2. The van der Waals surface area contributed by atoms with Crippen LogP contribution in [0.1, 0.15) is 39.1 Å². The lowest BCUT2D eigenvalue weighted by Gasteiger charge is -2.44. The van der Waals surface area contributed by atoms with Gasteiger partial charge in [-0.15, -0.1) is 0 Å². The number of aryl methyl sites for hydroxylation is 1. The van der Waals surface area contributed by atoms with E-state index >= 15 is 0 Å². The summed E-state index contributed by atoms with van der Waals surface area (Å²) >= 11 is 5.95. The zero-order valence-electron chi connectivity index (χ0n) is 20.0. The van der Waals surface area contributed by atoms with Crippen molar-refractivity contribution in [2.45, 2.75) is 31.5 Å². The van der Waals surface area contributed by atoms with Gasteiger partial charge in [-0.25, -0.2) is 0 Å². The number of hydrogen-bond donors (Lipinski definition) is 1. The molecule has 2 aromatic carbocycles. The van der Waals surface area contributed by atoms with Gasteiger partial charge in [-0.05, 0) is 42.8 Å². The van der Waals surface area contributed by atoms with E-state index in [1.54, 1.807) is 47.2 Å². The minimum atomic E-state index is -0.959. The molecule has 2 aliphatic rings. The topological polar surface area (TPSA) is 88.2 Å². The van der Waals surface area contributed by atoms with Crippen LogP contribution in [-0.2, 0) is 14.3 Å². The summed E-state index contributed by atoms with van der Waals surface area (Å²) in [5.41, 5.74) is 0.959. The first-order chi connectivity index (χ1) is 16.9. The van der Waals surface area contributed by atoms with Gasteiger partial charge in [0.2, 0.25) is 5.91 Å². The molecule has 1 atom stereocenters. The predicted octanol–water partition coefficient (Wildman–Crippen LogP) is 2.88. The van der Waals surface area contributed by atoms with Gasteiger partial charge in [0.15, 0.2) is 0 Å². The van der Waals surface area contributed by atoms with E-state index in [-0.39, 0.29) is 24.3 Å². The monoisotopic (exact) mass is 499 g/mol. The van der Waals surface area contributed by atoms with Crippen LogP contribution in [0.15, 0.2) is 48.5 Å². The molecule has 0 bridgehead atoms. The highest BCUT2D eigenvalue weighted by Gasteiger charge is 2.54. The Balaban J connectivity index is 1.56. The summed E-state index contributed by atoms with van der Waals surface area (Å²) in [7, 11) is 1.56. The van der Waals surface area contributed by atoms with Crippen LogP contribution in [0.25, 0.3) is 0 Å². The highest BCUT2D eigenvalue weighted by molar-refractivity contribution is 6.30. The van der Waals surface area contributed by atoms with E-state index in [4.69, 9.17) is 21.1 Å². The summed E-state index contributed by atoms with van der Waals surface area (Å²) in [5, 5.41) is 3.41. The fourth-order valence-electron chi connectivity index (χ4n) is 4.74. The molecule has 35 heavy (non-hydrogen) atoms. The van der Waals surface area contributed by atoms with Crippen molar-refractivity contribution in [2.75, 3.05) is 40.0 Å². The van der Waals surface area contributed by atoms with Crippen molar-refractivity contribution >= 4 is 29.3 Å². The molecule has 3 amide bonds. The molecule has 2 heterocycles. The van der Waals surface area contributed by atoms with E-state index in [1.165, 1.54) is 0 Å². The van der Waals surface area contributed by atoms with E-state index in [0.29, 0.717) is 55.2 Å². The molecule has 1 N–H and O–H groups in total. The normalized spacial score (nSPS) is 19.1. The Morgan fingerprint density at radius 3 is 2.43 bits per heavy atom. The second-order valence-electron chi connectivity index (χ2n) is 8.85. The Bertz CT molecular complexity index is 1080. The number of rotatable bonds is 6. The number of halogens is 1. The lowest BCUT2D eigenvalue weighted by atomic mass is 9.95. The highest BCUT2D eigenvalue weighted by Crippen LogP contribution is 2.39. The van der Waals surface area contributed by atoms with Crippen molar-refractivity contribution in [1.82, 2.24) is 15.1 Å². The molecule has 0 saturated carbocycles. The fraction of sp³-hybridized carbons (Fsp3) is 0.423. The maximum absolute atomic E-state index is 13.8. The number of benzene rings is 2. The average Bonchev–Trinajstić information content (AvgIpc) is 3.23. The van der Waals surface area contributed by atoms with Gasteiger partial charge < -0.3 is 19.7 Å². The quantitative estimate of drug-likeness (QED) is 0.617. The van der Waals surface area contributed by atoms with Gasteiger partial charge in [0.05, 0.1) is 13.2 Å². The molecule has 9 heteroatoms. The first-order valence-electron chi connectivity index (χ1n) is 11.7. The van der Waals surface area contributed by atoms with Gasteiger partial charge >= 0.3 is 0 Å². The molecule has 2 saturated heterocycles. The molecule has 2 aliphatic heterocycles. The van der Waals surface area contributed by atoms with Gasteiger partial charge in [0.25, 0.3) is 11.8 Å². The summed E-state index contributed by atoms with van der Waals surface area (Å²) in [6, 6.07) is 13.3. The minimum Gasteiger partial charge on any atom is -0.383 e. The Labute approximate surface area is 210 Å². The Morgan fingerprint density at radius 2 is 1.77 bits per heavy atom. The first-order valence-corrected chi connectivity index (χ1v) is 12.1. The largest absolute Gasteiger partial charge is 0.383 e. The highest BCUT2D eigenvalue weighted by atomic mass is 35.5. The number of piperidine rings is 1. The van der Waals surface area contributed by atoms with Crippen LogP contribution in [0, 0.1) is 6.92 Å². The molecular formula is C26H30ClN3O5. The van der Waals surface area contributed by atoms with Crippen molar-refractivity contribution in [1.29, 1.82) is 0 Å². The van der Waals surface area contributed by atoms with E-state index in [2.05, 4.69) is 5.32 Å². The van der Waals surface area contributed by atoms with Gasteiger partial charge in [-0.1, -0.05) is 29.8 Å². The van der Waals surface area contributed by atoms with Crippen LogP contribution in [0.4, 0.5) is 0 Å². The van der Waals surface area contributed by atoms with Crippen LogP contribution >= 0.6 is 11.6 Å². The molecular weight excluding hydrogens is 470 g/mol. The zero-order chi connectivity index (χ0) is 25.0. The summed E-state index contributed by atoms with van der Waals surface area (Å²) in [6.07, 6.45) is 0.817. The Kier molecular flexibility index (Phi) is 7.74. The number of amides is 3. The van der Waals surface area contributed by atoms with Crippen LogP contribution < -0.4 is 5.32 Å². The lowest BCUT2D eigenvalue weighted by Crippen LogP contribution is -2.60. The van der Waals surface area contributed by atoms with Gasteiger partial charge in [-0.2, -0.15) is 0 Å². The van der Waals surface area contributed by atoms with Gasteiger partial charge in [-0.3, -0.25) is 19.3 Å². The molecule has 4 rings (SSSR count). The summed E-state index contributed by atoms with van der Waals surface area (Å²) < 4.78 is 11.3. The predicted molar refractivity (Wildman–Crippen MR) is 131 cm³/mol. The van der Waals surface area contributed by atoms with E-state index in [0.717, 1.165) is 5.56 Å². The molecule has 1 spiro atoms. The van der Waals surface area contributed by atoms with Crippen molar-refractivity contribution in [3.05, 3.63) is 70.2 Å². The van der Waals surface area contributed by atoms with Crippen LogP contribution in [-0.4, -0.2) is 79.2 Å². The number of carbonyl (C=O) groups is 3. The van der Waals surface area contributed by atoms with Crippen LogP contribution in [0.3, 0.4) is 0 Å².